The fourth-order valence-corrected chi connectivity index (χ4v) is 30.9. The lowest BCUT2D eigenvalue weighted by atomic mass is 9.53. The topological polar surface area (TPSA) is 353 Å². The Hall–Kier alpha value is -10.6. The van der Waals surface area contributed by atoms with Gasteiger partial charge in [-0.1, -0.05) is 114 Å². The van der Waals surface area contributed by atoms with Gasteiger partial charge < -0.3 is 75.8 Å². The molecule has 0 radical (unpaired) electrons. The molecule has 137 heavy (non-hydrogen) atoms. The van der Waals surface area contributed by atoms with Gasteiger partial charge in [-0.15, -0.1) is 0 Å². The van der Waals surface area contributed by atoms with E-state index in [0.717, 1.165) is 75.3 Å². The predicted octanol–water partition coefficient (Wildman–Crippen LogP) is 15.2. The van der Waals surface area contributed by atoms with E-state index in [1.165, 1.54) is 59.4 Å². The van der Waals surface area contributed by atoms with Crippen LogP contribution in [0, 0.1) is 99.1 Å². The van der Waals surface area contributed by atoms with E-state index in [2.05, 4.69) is 99.5 Å². The maximum atomic E-state index is 12.5. The van der Waals surface area contributed by atoms with Crippen molar-refractivity contribution in [1.29, 1.82) is 0 Å². The molecular weight excluding hydrogens is 1760 g/mol. The van der Waals surface area contributed by atoms with Crippen LogP contribution in [-0.2, 0) is 116 Å². The second-order valence-electron chi connectivity index (χ2n) is 45.0. The Morgan fingerprint density at radius 2 is 0.526 bits per heavy atom. The highest BCUT2D eigenvalue weighted by Gasteiger charge is 2.72. The number of carbonyl (C=O) groups excluding carboxylic acids is 12. The summed E-state index contributed by atoms with van der Waals surface area (Å²) in [4.78, 5) is 146. The zero-order valence-corrected chi connectivity index (χ0v) is 77.1. The molecule has 0 bridgehead atoms. The molecule has 6 aromatic rings. The maximum Gasteiger partial charge on any atom is 0.347 e. The molecule has 0 N–H and O–H groups in total. The highest BCUT2D eigenvalue weighted by Crippen LogP contribution is 2.76. The van der Waals surface area contributed by atoms with Crippen LogP contribution in [0.5, 0.6) is 23.0 Å². The average molecular weight is 1870 g/mol. The van der Waals surface area contributed by atoms with Crippen molar-refractivity contribution in [3.05, 3.63) is 178 Å². The van der Waals surface area contributed by atoms with Gasteiger partial charge in [0, 0.05) is 10.8 Å². The van der Waals surface area contributed by atoms with Crippen molar-refractivity contribution in [3.63, 3.8) is 0 Å². The molecule has 10 heterocycles. The minimum Gasteiger partial charge on any atom is -0.457 e. The lowest BCUT2D eigenvalue weighted by molar-refractivity contribution is -0.266. The Balaban J connectivity index is 0.000000110. The number of benzene rings is 6. The Bertz CT molecular complexity index is 5740. The standard InChI is InChI=1S/C41H42O10.C37H48O10.C31H20O8/c42-37-23-15-33-35(17-25(23)39(44)50-37)48-31-13-19(9-11-29(31)46-33)41(27-7-3-1-5-21(27)22-6-2-4-8-28(22)41)20-10-12-30-32(14-20)49-36-18-26-24(16-34(36)47-30)38(43)51-40(26)45;1-35(2)13-37(21-11-29-27(9-19(21)35)42-23-5-15-17(7-25(23)44-29)33(40)46-31(15)38)14-36(3,4)20-10-28-30(12-22(20)37)45-26-8-18-16(6-24(26)43-28)32(39)47-34(18)41;1-31(2,17-3-7-19(8-4-17)36-21-11-13-23-25(15-21)29(34)38-27(23)32)18-5-9-20(10-6-18)37-22-12-14-24-26(16-22)30(35)39-28(24)33/h1-8,19-20,23-26,29-36H,9-18H2;15-30H,5-14H2,1-4H3;3-16H,1-2H3. The van der Waals surface area contributed by atoms with Crippen molar-refractivity contribution in [1.82, 2.24) is 0 Å². The number of ether oxygens (including phenoxy) is 16. The zero-order valence-electron chi connectivity index (χ0n) is 77.1. The molecular formula is C109H110O28. The van der Waals surface area contributed by atoms with Gasteiger partial charge >= 0.3 is 71.6 Å². The summed E-state index contributed by atoms with van der Waals surface area (Å²) in [5.41, 5.74) is 8.14. The normalized spacial score (nSPS) is 39.8. The number of cyclic esters (lactones) is 12. The second kappa shape index (κ2) is 32.2. The summed E-state index contributed by atoms with van der Waals surface area (Å²) in [5, 5.41) is 0. The number of carbonyl (C=O) groups is 12. The van der Waals surface area contributed by atoms with Gasteiger partial charge in [-0.05, 0) is 274 Å². The Morgan fingerprint density at radius 1 is 0.263 bits per heavy atom. The maximum absolute atomic E-state index is 12.5. The number of hydrogen-bond donors (Lipinski definition) is 0. The van der Waals surface area contributed by atoms with Crippen LogP contribution in [0.2, 0.25) is 0 Å². The summed E-state index contributed by atoms with van der Waals surface area (Å²) in [6.45, 7) is 14.1. The van der Waals surface area contributed by atoms with E-state index in [-0.39, 0.29) is 159 Å². The van der Waals surface area contributed by atoms with Crippen molar-refractivity contribution in [3.8, 4) is 34.1 Å². The highest BCUT2D eigenvalue weighted by atomic mass is 16.6. The van der Waals surface area contributed by atoms with Gasteiger partial charge in [0.1, 0.15) is 23.0 Å². The third-order valence-electron chi connectivity index (χ3n) is 37.0. The van der Waals surface area contributed by atoms with Gasteiger partial charge in [0.15, 0.2) is 0 Å². The van der Waals surface area contributed by atoms with Crippen molar-refractivity contribution in [2.75, 3.05) is 0 Å². The van der Waals surface area contributed by atoms with Gasteiger partial charge in [-0.3, -0.25) is 38.4 Å². The molecule has 28 heteroatoms. The Morgan fingerprint density at radius 3 is 0.839 bits per heavy atom. The minimum absolute atomic E-state index is 0.00819. The molecule has 714 valence electrons. The largest absolute Gasteiger partial charge is 0.457 e. The molecule has 6 aromatic carbocycles. The first-order valence-electron chi connectivity index (χ1n) is 49.7. The summed E-state index contributed by atoms with van der Waals surface area (Å²) in [6, 6.07) is 42.3. The van der Waals surface area contributed by atoms with E-state index in [0.29, 0.717) is 98.0 Å². The molecule has 1 spiro atoms. The molecule has 30 unspecified atom stereocenters. The third-order valence-corrected chi connectivity index (χ3v) is 37.0. The van der Waals surface area contributed by atoms with Crippen LogP contribution in [0.3, 0.4) is 0 Å². The van der Waals surface area contributed by atoms with E-state index >= 15 is 0 Å². The lowest BCUT2D eigenvalue weighted by Crippen LogP contribution is -2.59. The van der Waals surface area contributed by atoms with Crippen LogP contribution in [-0.4, -0.2) is 169 Å². The average Bonchev–Trinajstić information content (AvgIpc) is 1.55. The van der Waals surface area contributed by atoms with Gasteiger partial charge in [0.2, 0.25) is 0 Å². The van der Waals surface area contributed by atoms with Gasteiger partial charge in [0.25, 0.3) is 0 Å². The molecule has 11 aliphatic carbocycles. The number of fused-ring (bicyclic) bond motifs is 21. The van der Waals surface area contributed by atoms with Crippen LogP contribution in [0.4, 0.5) is 0 Å². The molecule has 21 aliphatic rings. The molecule has 0 aromatic heterocycles. The first kappa shape index (κ1) is 87.9. The lowest BCUT2D eigenvalue weighted by Gasteiger charge is -2.56. The van der Waals surface area contributed by atoms with Crippen LogP contribution in [0.25, 0.3) is 11.1 Å². The van der Waals surface area contributed by atoms with Gasteiger partial charge in [-0.25, -0.2) is 19.2 Å². The first-order chi connectivity index (χ1) is 65.9. The molecule has 8 saturated heterocycles. The van der Waals surface area contributed by atoms with E-state index < -0.39 is 119 Å². The molecule has 10 aliphatic heterocycles. The summed E-state index contributed by atoms with van der Waals surface area (Å²) >= 11 is 0. The number of esters is 12. The predicted molar refractivity (Wildman–Crippen MR) is 475 cm³/mol. The molecule has 30 atom stereocenters. The minimum atomic E-state index is -0.678. The van der Waals surface area contributed by atoms with Crippen molar-refractivity contribution in [2.24, 2.45) is 99.1 Å². The van der Waals surface area contributed by atoms with Gasteiger partial charge in [-0.2, -0.15) is 0 Å². The highest BCUT2D eigenvalue weighted by molar-refractivity contribution is 6.15. The van der Waals surface area contributed by atoms with Crippen LogP contribution in [0.15, 0.2) is 133 Å². The summed E-state index contributed by atoms with van der Waals surface area (Å²) < 4.78 is 95.9. The van der Waals surface area contributed by atoms with Crippen LogP contribution >= 0.6 is 0 Å². The van der Waals surface area contributed by atoms with E-state index in [1.807, 2.05) is 48.5 Å². The van der Waals surface area contributed by atoms with Crippen molar-refractivity contribution >= 4 is 71.6 Å². The second-order valence-corrected chi connectivity index (χ2v) is 45.0. The molecule has 10 saturated carbocycles. The number of hydrogen-bond acceptors (Lipinski definition) is 28. The Kier molecular flexibility index (Phi) is 20.7. The van der Waals surface area contributed by atoms with Crippen molar-refractivity contribution < 1.29 is 133 Å². The first-order valence-corrected chi connectivity index (χ1v) is 49.7. The number of rotatable bonds is 8. The molecule has 18 fully saturated rings. The monoisotopic (exact) mass is 1870 g/mol. The van der Waals surface area contributed by atoms with Crippen LogP contribution in [0.1, 0.15) is 234 Å². The summed E-state index contributed by atoms with van der Waals surface area (Å²) in [7, 11) is 0. The quantitative estimate of drug-likeness (QED) is 0.0776. The SMILES string of the molecule is CC(C)(c1ccc(Oc2ccc3c(c2)C(=O)OC3=O)cc1)c1ccc(Oc2ccc3c(c2)C(=O)OC3=O)cc1.CC1(C)CC2(CC(C)(C)C3CC4OC5CC6C(=O)OC(=O)C6CC5OC4CC32)C2CC3OC4CC5C(=O)OC(=O)C5CC4OC3CC21.O=C1OC(=O)C2CC3OC4CC(C5(C6CCC7OC8CC9C(=O)OC(=O)C9CC8OC7C6)c6ccccc6-c6ccccc65)CCC4OC3CC12. The fourth-order valence-electron chi connectivity index (χ4n) is 30.9. The van der Waals surface area contributed by atoms with E-state index in [4.69, 9.17) is 66.3 Å². The molecule has 28 nitrogen and oxygen atoms in total. The van der Waals surface area contributed by atoms with Gasteiger partial charge in [0.05, 0.1) is 167 Å². The van der Waals surface area contributed by atoms with E-state index in [9.17, 15) is 57.5 Å². The summed E-state index contributed by atoms with van der Waals surface area (Å²) in [5.74, 6) is -4.69. The molecule has 0 amide bonds. The Labute approximate surface area is 790 Å². The van der Waals surface area contributed by atoms with Crippen molar-refractivity contribution in [2.45, 2.75) is 278 Å². The smallest absolute Gasteiger partial charge is 0.347 e. The summed E-state index contributed by atoms with van der Waals surface area (Å²) in [6.07, 6.45) is 13.6. The van der Waals surface area contributed by atoms with Crippen LogP contribution < -0.4 is 9.47 Å². The molecule has 27 rings (SSSR count). The fraction of sp³-hybridized carbons (Fsp3) is 0.560. The third kappa shape index (κ3) is 14.2. The van der Waals surface area contributed by atoms with E-state index in [1.54, 1.807) is 12.1 Å². The zero-order chi connectivity index (χ0) is 93.8.